The van der Waals surface area contributed by atoms with Crippen molar-refractivity contribution in [1.82, 2.24) is 25.4 Å². The molecule has 0 saturated carbocycles. The second kappa shape index (κ2) is 17.2. The van der Waals surface area contributed by atoms with Crippen molar-refractivity contribution < 1.29 is 4.74 Å². The number of aromatic nitrogens is 3. The summed E-state index contributed by atoms with van der Waals surface area (Å²) in [7, 11) is 1.73. The van der Waals surface area contributed by atoms with Gasteiger partial charge in [0.15, 0.2) is 5.96 Å². The maximum Gasteiger partial charge on any atom is 0.191 e. The molecular weight excluding hydrogens is 455 g/mol. The van der Waals surface area contributed by atoms with Crippen molar-refractivity contribution in [2.24, 2.45) is 10.9 Å². The summed E-state index contributed by atoms with van der Waals surface area (Å²) in [5.74, 6) is 2.57. The van der Waals surface area contributed by atoms with Crippen molar-refractivity contribution in [1.29, 1.82) is 0 Å². The molecule has 0 bridgehead atoms. The number of rotatable bonds is 14. The Balaban J connectivity index is 0.00000676. The highest BCUT2D eigenvalue weighted by molar-refractivity contribution is 14.0. The molecule has 1 heterocycles. The van der Waals surface area contributed by atoms with Crippen LogP contribution in [0.3, 0.4) is 0 Å². The minimum Gasteiger partial charge on any atom is -0.385 e. The lowest BCUT2D eigenvalue weighted by molar-refractivity contribution is 0.195. The number of nitrogens with zero attached hydrogens (tertiary/aromatic N) is 4. The van der Waals surface area contributed by atoms with E-state index < -0.39 is 0 Å². The monoisotopic (exact) mass is 494 g/mol. The fourth-order valence-electron chi connectivity index (χ4n) is 2.77. The number of hydrogen-bond donors (Lipinski definition) is 2. The Kier molecular flexibility index (Phi) is 16.6. The molecule has 0 aliphatic rings. The van der Waals surface area contributed by atoms with Crippen molar-refractivity contribution in [3.8, 4) is 0 Å². The normalized spacial score (nSPS) is 12.5. The lowest BCUT2D eigenvalue weighted by atomic mass is 10.00. The first-order valence-corrected chi connectivity index (χ1v) is 10.1. The molecule has 158 valence electrons. The summed E-state index contributed by atoms with van der Waals surface area (Å²) < 4.78 is 7.21. The van der Waals surface area contributed by atoms with Crippen LogP contribution >= 0.6 is 24.0 Å². The average molecular weight is 494 g/mol. The van der Waals surface area contributed by atoms with E-state index in [9.17, 15) is 0 Å². The molecule has 1 aromatic heterocycles. The Labute approximate surface area is 182 Å². The van der Waals surface area contributed by atoms with Gasteiger partial charge < -0.3 is 19.9 Å². The molecule has 0 fully saturated rings. The van der Waals surface area contributed by atoms with Crippen LogP contribution < -0.4 is 10.6 Å². The molecule has 0 spiro atoms. The van der Waals surface area contributed by atoms with Crippen molar-refractivity contribution in [2.75, 3.05) is 33.4 Å². The summed E-state index contributed by atoms with van der Waals surface area (Å²) in [5.41, 5.74) is 0. The third-order valence-electron chi connectivity index (χ3n) is 4.53. The molecule has 8 heteroatoms. The van der Waals surface area contributed by atoms with Gasteiger partial charge in [-0.15, -0.1) is 34.2 Å². The molecule has 0 radical (unpaired) electrons. The fourth-order valence-corrected chi connectivity index (χ4v) is 2.77. The molecule has 7 nitrogen and oxygen atoms in total. The molecule has 1 unspecified atom stereocenters. The van der Waals surface area contributed by atoms with Crippen LogP contribution in [0.4, 0.5) is 0 Å². The SMILES string of the molecule is CCCCC(CC)CN=C(NCCCOC)NCCn1cnnc1CC.I. The van der Waals surface area contributed by atoms with Crippen LogP contribution in [0.1, 0.15) is 58.7 Å². The molecule has 0 aliphatic carbocycles. The average Bonchev–Trinajstić information content (AvgIpc) is 3.12. The van der Waals surface area contributed by atoms with E-state index in [-0.39, 0.29) is 24.0 Å². The van der Waals surface area contributed by atoms with Gasteiger partial charge >= 0.3 is 0 Å². The third-order valence-corrected chi connectivity index (χ3v) is 4.53. The number of aliphatic imine (C=N–C) groups is 1. The maximum absolute atomic E-state index is 5.12. The Bertz CT molecular complexity index is 494. The molecule has 0 aromatic carbocycles. The Morgan fingerprint density at radius 1 is 1.22 bits per heavy atom. The quantitative estimate of drug-likeness (QED) is 0.180. The van der Waals surface area contributed by atoms with Crippen LogP contribution in [0, 0.1) is 5.92 Å². The summed E-state index contributed by atoms with van der Waals surface area (Å²) in [4.78, 5) is 4.82. The van der Waals surface area contributed by atoms with E-state index in [1.165, 1.54) is 25.7 Å². The standard InChI is InChI=1S/C19H38N6O.HI/c1-5-8-10-17(6-2)15-22-19(20-11-9-14-26-4)21-12-13-25-16-23-24-18(25)7-3;/h16-17H,5-15H2,1-4H3,(H2,20,21,22);1H. The zero-order chi connectivity index (χ0) is 19.0. The van der Waals surface area contributed by atoms with E-state index in [4.69, 9.17) is 9.73 Å². The zero-order valence-electron chi connectivity index (χ0n) is 17.5. The van der Waals surface area contributed by atoms with Gasteiger partial charge in [0.25, 0.3) is 0 Å². The van der Waals surface area contributed by atoms with E-state index in [1.807, 2.05) is 0 Å². The molecule has 1 aromatic rings. The van der Waals surface area contributed by atoms with Crippen molar-refractivity contribution in [3.05, 3.63) is 12.2 Å². The number of methoxy groups -OCH3 is 1. The summed E-state index contributed by atoms with van der Waals surface area (Å²) in [6, 6.07) is 0. The number of hydrogen-bond acceptors (Lipinski definition) is 4. The Hall–Kier alpha value is -0.900. The summed E-state index contributed by atoms with van der Waals surface area (Å²) in [6.07, 6.45) is 8.63. The molecule has 27 heavy (non-hydrogen) atoms. The second-order valence-corrected chi connectivity index (χ2v) is 6.60. The number of unbranched alkanes of at least 4 members (excludes halogenated alkanes) is 1. The second-order valence-electron chi connectivity index (χ2n) is 6.60. The van der Waals surface area contributed by atoms with Crippen LogP contribution in [-0.4, -0.2) is 54.1 Å². The van der Waals surface area contributed by atoms with Crippen LogP contribution in [-0.2, 0) is 17.7 Å². The largest absolute Gasteiger partial charge is 0.385 e. The van der Waals surface area contributed by atoms with Gasteiger partial charge in [0.05, 0.1) is 0 Å². The van der Waals surface area contributed by atoms with Gasteiger partial charge in [-0.3, -0.25) is 4.99 Å². The number of nitrogens with one attached hydrogen (secondary N) is 2. The number of halogens is 1. The molecule has 0 aliphatic heterocycles. The molecule has 2 N–H and O–H groups in total. The number of guanidine groups is 1. The predicted octanol–water partition coefficient (Wildman–Crippen LogP) is 3.25. The predicted molar refractivity (Wildman–Crippen MR) is 123 cm³/mol. The molecule has 0 amide bonds. The molecule has 1 rings (SSSR count). The third kappa shape index (κ3) is 11.5. The van der Waals surface area contributed by atoms with Gasteiger partial charge in [0.2, 0.25) is 0 Å². The highest BCUT2D eigenvalue weighted by atomic mass is 127. The first-order valence-electron chi connectivity index (χ1n) is 10.1. The molecular formula is C19H39IN6O. The highest BCUT2D eigenvalue weighted by Gasteiger charge is 2.07. The van der Waals surface area contributed by atoms with Crippen LogP contribution in [0.2, 0.25) is 0 Å². The van der Waals surface area contributed by atoms with E-state index in [2.05, 4.69) is 46.2 Å². The van der Waals surface area contributed by atoms with Crippen LogP contribution in [0.15, 0.2) is 11.3 Å². The highest BCUT2D eigenvalue weighted by Crippen LogP contribution is 2.12. The van der Waals surface area contributed by atoms with Gasteiger partial charge in [-0.05, 0) is 18.8 Å². The van der Waals surface area contributed by atoms with Gasteiger partial charge in [-0.1, -0.05) is 40.0 Å². The van der Waals surface area contributed by atoms with Gasteiger partial charge in [0, 0.05) is 46.3 Å². The molecule has 1 atom stereocenters. The Morgan fingerprint density at radius 3 is 2.67 bits per heavy atom. The minimum atomic E-state index is 0. The Morgan fingerprint density at radius 2 is 2.00 bits per heavy atom. The zero-order valence-corrected chi connectivity index (χ0v) is 19.9. The van der Waals surface area contributed by atoms with Gasteiger partial charge in [0.1, 0.15) is 12.2 Å². The van der Waals surface area contributed by atoms with Crippen LogP contribution in [0.5, 0.6) is 0 Å². The van der Waals surface area contributed by atoms with E-state index in [1.54, 1.807) is 13.4 Å². The first-order chi connectivity index (χ1) is 12.7. The topological polar surface area (TPSA) is 76.4 Å². The summed E-state index contributed by atoms with van der Waals surface area (Å²) in [5, 5.41) is 15.0. The van der Waals surface area contributed by atoms with Gasteiger partial charge in [-0.2, -0.15) is 0 Å². The lowest BCUT2D eigenvalue weighted by Crippen LogP contribution is -2.40. The first kappa shape index (κ1) is 26.1. The van der Waals surface area contributed by atoms with E-state index in [0.29, 0.717) is 5.92 Å². The smallest absolute Gasteiger partial charge is 0.191 e. The molecule has 0 saturated heterocycles. The minimum absolute atomic E-state index is 0. The van der Waals surface area contributed by atoms with Crippen LogP contribution in [0.25, 0.3) is 0 Å². The summed E-state index contributed by atoms with van der Waals surface area (Å²) in [6.45, 7) is 10.7. The van der Waals surface area contributed by atoms with Crippen molar-refractivity contribution in [3.63, 3.8) is 0 Å². The van der Waals surface area contributed by atoms with Gasteiger partial charge in [-0.25, -0.2) is 0 Å². The summed E-state index contributed by atoms with van der Waals surface area (Å²) >= 11 is 0. The van der Waals surface area contributed by atoms with Crippen molar-refractivity contribution >= 4 is 29.9 Å². The number of aryl methyl sites for hydroxylation is 1. The van der Waals surface area contributed by atoms with E-state index >= 15 is 0 Å². The number of ether oxygens (including phenoxy) is 1. The van der Waals surface area contributed by atoms with E-state index in [0.717, 1.165) is 57.4 Å². The maximum atomic E-state index is 5.12. The fraction of sp³-hybridized carbons (Fsp3) is 0.842. The van der Waals surface area contributed by atoms with Crippen molar-refractivity contribution in [2.45, 2.75) is 65.8 Å². The lowest BCUT2D eigenvalue weighted by Gasteiger charge is -2.16.